The summed E-state index contributed by atoms with van der Waals surface area (Å²) in [7, 11) is 0. The third-order valence-electron chi connectivity index (χ3n) is 2.75. The van der Waals surface area contributed by atoms with E-state index in [2.05, 4.69) is 0 Å². The number of Topliss-reactive ketones (excluding diaryl/α,β-unsaturated/α-hetero) is 1. The average molecular weight is 268 g/mol. The van der Waals surface area contributed by atoms with Gasteiger partial charge in [0.05, 0.1) is 6.61 Å². The molecule has 0 spiro atoms. The predicted octanol–water partition coefficient (Wildman–Crippen LogP) is 1.59. The molecule has 0 bridgehead atoms. The van der Waals surface area contributed by atoms with E-state index in [1.807, 2.05) is 0 Å². The molecule has 1 aliphatic heterocycles. The van der Waals surface area contributed by atoms with E-state index in [4.69, 9.17) is 9.47 Å². The third kappa shape index (κ3) is 3.73. The normalized spacial score (nSPS) is 24.4. The number of ketones is 1. The molecule has 0 saturated carbocycles. The lowest BCUT2D eigenvalue weighted by molar-refractivity contribution is -0.179. The maximum Gasteiger partial charge on any atom is 0.347 e. The fourth-order valence-corrected chi connectivity index (χ4v) is 1.74. The van der Waals surface area contributed by atoms with Crippen LogP contribution in [0.15, 0.2) is 11.6 Å². The molecule has 0 N–H and O–H groups in total. The van der Waals surface area contributed by atoms with Crippen LogP contribution >= 0.6 is 0 Å². The molecule has 0 aromatic heterocycles. The number of hydrogen-bond donors (Lipinski definition) is 0. The molecule has 1 rings (SSSR count). The summed E-state index contributed by atoms with van der Waals surface area (Å²) in [5.41, 5.74) is -1.83. The minimum Gasteiger partial charge on any atom is -0.457 e. The van der Waals surface area contributed by atoms with E-state index >= 15 is 0 Å². The van der Waals surface area contributed by atoms with Crippen molar-refractivity contribution in [1.82, 2.24) is 0 Å². The highest BCUT2D eigenvalue weighted by Gasteiger charge is 2.51. The van der Waals surface area contributed by atoms with Gasteiger partial charge in [-0.25, -0.2) is 4.79 Å². The van der Waals surface area contributed by atoms with Crippen molar-refractivity contribution in [3.8, 4) is 0 Å². The molecule has 106 valence electrons. The SMILES string of the molecule is C/C(C=O)=C\CC1(C(=O)OC(C)(C)C)OCCC1=O. The van der Waals surface area contributed by atoms with E-state index in [1.165, 1.54) is 6.08 Å². The first kappa shape index (κ1) is 15.6. The maximum absolute atomic E-state index is 12.2. The largest absolute Gasteiger partial charge is 0.457 e. The molecular formula is C14H20O5. The van der Waals surface area contributed by atoms with E-state index < -0.39 is 17.2 Å². The number of carbonyl (C=O) groups excluding carboxylic acids is 3. The Labute approximate surface area is 112 Å². The molecule has 1 saturated heterocycles. The van der Waals surface area contributed by atoms with Crippen molar-refractivity contribution >= 4 is 18.0 Å². The van der Waals surface area contributed by atoms with Gasteiger partial charge in [-0.3, -0.25) is 9.59 Å². The Morgan fingerprint density at radius 1 is 1.47 bits per heavy atom. The van der Waals surface area contributed by atoms with Gasteiger partial charge in [0.25, 0.3) is 0 Å². The number of ether oxygens (including phenoxy) is 2. The van der Waals surface area contributed by atoms with Gasteiger partial charge in [0, 0.05) is 12.8 Å². The van der Waals surface area contributed by atoms with Gasteiger partial charge in [-0.15, -0.1) is 0 Å². The summed E-state index contributed by atoms with van der Waals surface area (Å²) < 4.78 is 10.6. The van der Waals surface area contributed by atoms with Gasteiger partial charge in [-0.1, -0.05) is 6.08 Å². The van der Waals surface area contributed by atoms with Crippen LogP contribution < -0.4 is 0 Å². The average Bonchev–Trinajstić information content (AvgIpc) is 2.66. The topological polar surface area (TPSA) is 69.7 Å². The smallest absolute Gasteiger partial charge is 0.347 e. The molecular weight excluding hydrogens is 248 g/mol. The van der Waals surface area contributed by atoms with Crippen molar-refractivity contribution in [2.75, 3.05) is 6.61 Å². The Kier molecular flexibility index (Phi) is 4.63. The fourth-order valence-electron chi connectivity index (χ4n) is 1.74. The van der Waals surface area contributed by atoms with E-state index in [9.17, 15) is 14.4 Å². The lowest BCUT2D eigenvalue weighted by Gasteiger charge is -2.28. The van der Waals surface area contributed by atoms with E-state index in [0.29, 0.717) is 11.9 Å². The highest BCUT2D eigenvalue weighted by molar-refractivity contribution is 6.08. The van der Waals surface area contributed by atoms with Crippen LogP contribution in [0.3, 0.4) is 0 Å². The monoisotopic (exact) mass is 268 g/mol. The van der Waals surface area contributed by atoms with Gasteiger partial charge >= 0.3 is 5.97 Å². The highest BCUT2D eigenvalue weighted by atomic mass is 16.6. The van der Waals surface area contributed by atoms with E-state index in [0.717, 1.165) is 0 Å². The fraction of sp³-hybridized carbons (Fsp3) is 0.643. The van der Waals surface area contributed by atoms with Gasteiger partial charge < -0.3 is 9.47 Å². The van der Waals surface area contributed by atoms with Gasteiger partial charge in [-0.2, -0.15) is 0 Å². The summed E-state index contributed by atoms with van der Waals surface area (Å²) in [6.45, 7) is 6.99. The first-order valence-corrected chi connectivity index (χ1v) is 6.24. The summed E-state index contributed by atoms with van der Waals surface area (Å²) in [6, 6.07) is 0. The van der Waals surface area contributed by atoms with Crippen LogP contribution in [0.25, 0.3) is 0 Å². The molecule has 0 amide bonds. The third-order valence-corrected chi connectivity index (χ3v) is 2.75. The zero-order valence-electron chi connectivity index (χ0n) is 11.8. The quantitative estimate of drug-likeness (QED) is 0.335. The minimum atomic E-state index is -1.59. The summed E-state index contributed by atoms with van der Waals surface area (Å²) in [5.74, 6) is -0.978. The molecule has 19 heavy (non-hydrogen) atoms. The van der Waals surface area contributed by atoms with E-state index in [1.54, 1.807) is 27.7 Å². The molecule has 1 fully saturated rings. The molecule has 0 aromatic carbocycles. The summed E-state index contributed by atoms with van der Waals surface area (Å²) in [4.78, 5) is 34.8. The lowest BCUT2D eigenvalue weighted by atomic mass is 9.93. The molecule has 1 aliphatic rings. The minimum absolute atomic E-state index is 0.0331. The zero-order valence-corrected chi connectivity index (χ0v) is 11.8. The second kappa shape index (κ2) is 5.65. The molecule has 0 radical (unpaired) electrons. The van der Waals surface area contributed by atoms with Gasteiger partial charge in [-0.05, 0) is 33.3 Å². The predicted molar refractivity (Wildman–Crippen MR) is 68.6 cm³/mol. The van der Waals surface area contributed by atoms with Crippen molar-refractivity contribution < 1.29 is 23.9 Å². The number of hydrogen-bond acceptors (Lipinski definition) is 5. The van der Waals surface area contributed by atoms with Crippen molar-refractivity contribution in [3.05, 3.63) is 11.6 Å². The van der Waals surface area contributed by atoms with Crippen molar-refractivity contribution in [2.45, 2.75) is 51.7 Å². The first-order chi connectivity index (χ1) is 8.71. The molecule has 5 nitrogen and oxygen atoms in total. The Hall–Kier alpha value is -1.49. The second-order valence-electron chi connectivity index (χ2n) is 5.62. The zero-order chi connectivity index (χ0) is 14.7. The lowest BCUT2D eigenvalue weighted by Crippen LogP contribution is -2.48. The number of aldehydes is 1. The second-order valence-corrected chi connectivity index (χ2v) is 5.62. The summed E-state index contributed by atoms with van der Waals surface area (Å²) in [5, 5.41) is 0. The van der Waals surface area contributed by atoms with Crippen molar-refractivity contribution in [3.63, 3.8) is 0 Å². The Morgan fingerprint density at radius 2 is 2.11 bits per heavy atom. The summed E-state index contributed by atoms with van der Waals surface area (Å²) >= 11 is 0. The van der Waals surface area contributed by atoms with Crippen LogP contribution in [0, 0.1) is 0 Å². The Morgan fingerprint density at radius 3 is 2.53 bits per heavy atom. The standard InChI is InChI=1S/C14H20O5/c1-10(9-15)5-7-14(11(16)6-8-18-14)12(17)19-13(2,3)4/h5,9H,6-8H2,1-4H3/b10-5+. The van der Waals surface area contributed by atoms with Crippen LogP contribution in [-0.2, 0) is 23.9 Å². The molecule has 0 aliphatic carbocycles. The van der Waals surface area contributed by atoms with Crippen LogP contribution in [0.4, 0.5) is 0 Å². The summed E-state index contributed by atoms with van der Waals surface area (Å²) in [6.07, 6.45) is 2.42. The molecule has 1 heterocycles. The molecule has 0 aromatic rings. The van der Waals surface area contributed by atoms with Crippen LogP contribution in [0.5, 0.6) is 0 Å². The Balaban J connectivity index is 2.98. The van der Waals surface area contributed by atoms with E-state index in [-0.39, 0.29) is 25.2 Å². The molecule has 1 unspecified atom stereocenters. The van der Waals surface area contributed by atoms with Crippen molar-refractivity contribution in [1.29, 1.82) is 0 Å². The maximum atomic E-state index is 12.2. The number of rotatable bonds is 4. The van der Waals surface area contributed by atoms with Gasteiger partial charge in [0.2, 0.25) is 5.60 Å². The van der Waals surface area contributed by atoms with Gasteiger partial charge in [0.1, 0.15) is 11.9 Å². The van der Waals surface area contributed by atoms with Gasteiger partial charge in [0.15, 0.2) is 5.78 Å². The molecule has 5 heteroatoms. The van der Waals surface area contributed by atoms with Crippen LogP contribution in [0.1, 0.15) is 40.5 Å². The number of carbonyl (C=O) groups is 3. The number of esters is 1. The molecule has 1 atom stereocenters. The van der Waals surface area contributed by atoms with Crippen molar-refractivity contribution in [2.24, 2.45) is 0 Å². The first-order valence-electron chi connectivity index (χ1n) is 6.24. The highest BCUT2D eigenvalue weighted by Crippen LogP contribution is 2.30. The Bertz CT molecular complexity index is 416. The van der Waals surface area contributed by atoms with Crippen LogP contribution in [-0.4, -0.2) is 35.8 Å². The number of allylic oxidation sites excluding steroid dienone is 1. The van der Waals surface area contributed by atoms with Crippen LogP contribution in [0.2, 0.25) is 0 Å².